The average Bonchev–Trinajstić information content (AvgIpc) is 2.69. The molecule has 0 N–H and O–H groups in total. The number of piperidine rings is 1. The Kier molecular flexibility index (Phi) is 5.70. The molecule has 0 spiro atoms. The SMILES string of the molecule is COc1ccc(CN2CCC(C#N)(c3ccc(Cl)cc3)CC2)cc1OC. The van der Waals surface area contributed by atoms with Gasteiger partial charge in [0.15, 0.2) is 11.5 Å². The lowest BCUT2D eigenvalue weighted by Crippen LogP contribution is -2.41. The summed E-state index contributed by atoms with van der Waals surface area (Å²) >= 11 is 5.99. The summed E-state index contributed by atoms with van der Waals surface area (Å²) in [5.74, 6) is 1.48. The molecule has 0 bridgehead atoms. The Morgan fingerprint density at radius 3 is 2.27 bits per heavy atom. The molecule has 2 aromatic rings. The molecule has 1 aliphatic rings. The summed E-state index contributed by atoms with van der Waals surface area (Å²) in [4.78, 5) is 2.38. The zero-order chi connectivity index (χ0) is 18.6. The third kappa shape index (κ3) is 3.80. The van der Waals surface area contributed by atoms with Crippen LogP contribution in [0.2, 0.25) is 5.02 Å². The van der Waals surface area contributed by atoms with Gasteiger partial charge in [0.25, 0.3) is 0 Å². The molecule has 0 atom stereocenters. The number of benzene rings is 2. The number of methoxy groups -OCH3 is 2. The van der Waals surface area contributed by atoms with E-state index < -0.39 is 5.41 Å². The molecule has 0 amide bonds. The second-order valence-electron chi connectivity index (χ2n) is 6.67. The normalized spacial score (nSPS) is 16.7. The highest BCUT2D eigenvalue weighted by molar-refractivity contribution is 6.30. The predicted octanol–water partition coefficient (Wildman–Crippen LogP) is 4.41. The number of rotatable bonds is 5. The van der Waals surface area contributed by atoms with Crippen LogP contribution in [0.1, 0.15) is 24.0 Å². The molecule has 1 aliphatic heterocycles. The van der Waals surface area contributed by atoms with E-state index >= 15 is 0 Å². The van der Waals surface area contributed by atoms with E-state index in [4.69, 9.17) is 21.1 Å². The van der Waals surface area contributed by atoms with Gasteiger partial charge in [-0.1, -0.05) is 29.8 Å². The summed E-state index contributed by atoms with van der Waals surface area (Å²) in [5.41, 5.74) is 1.83. The Balaban J connectivity index is 1.68. The van der Waals surface area contributed by atoms with Gasteiger partial charge in [-0.2, -0.15) is 5.26 Å². The molecule has 1 fully saturated rings. The Hall–Kier alpha value is -2.22. The number of halogens is 1. The first-order chi connectivity index (χ1) is 12.6. The zero-order valence-corrected chi connectivity index (χ0v) is 15.9. The van der Waals surface area contributed by atoms with E-state index in [1.165, 1.54) is 5.56 Å². The third-order valence-electron chi connectivity index (χ3n) is 5.17. The van der Waals surface area contributed by atoms with E-state index in [1.54, 1.807) is 14.2 Å². The average molecular weight is 371 g/mol. The summed E-state index contributed by atoms with van der Waals surface area (Å²) in [6.45, 7) is 2.59. The maximum Gasteiger partial charge on any atom is 0.161 e. The van der Waals surface area contributed by atoms with Gasteiger partial charge in [0.1, 0.15) is 0 Å². The van der Waals surface area contributed by atoms with Crippen LogP contribution in [0.25, 0.3) is 0 Å². The van der Waals surface area contributed by atoms with Crippen LogP contribution in [0, 0.1) is 11.3 Å². The van der Waals surface area contributed by atoms with Gasteiger partial charge in [0.05, 0.1) is 25.7 Å². The van der Waals surface area contributed by atoms with E-state index in [2.05, 4.69) is 17.0 Å². The summed E-state index contributed by atoms with van der Waals surface area (Å²) in [6.07, 6.45) is 1.64. The molecule has 0 aliphatic carbocycles. The van der Waals surface area contributed by atoms with Crippen LogP contribution in [0.3, 0.4) is 0 Å². The van der Waals surface area contributed by atoms with Gasteiger partial charge >= 0.3 is 0 Å². The van der Waals surface area contributed by atoms with Crippen LogP contribution in [0.5, 0.6) is 11.5 Å². The van der Waals surface area contributed by atoms with Gasteiger partial charge in [-0.15, -0.1) is 0 Å². The fourth-order valence-electron chi connectivity index (χ4n) is 3.56. The Bertz CT molecular complexity index is 791. The van der Waals surface area contributed by atoms with Gasteiger partial charge in [0.2, 0.25) is 0 Å². The maximum absolute atomic E-state index is 9.83. The molecule has 4 nitrogen and oxygen atoms in total. The number of nitriles is 1. The molecule has 0 aromatic heterocycles. The second-order valence-corrected chi connectivity index (χ2v) is 7.10. The Morgan fingerprint density at radius 1 is 1.04 bits per heavy atom. The van der Waals surface area contributed by atoms with Crippen molar-refractivity contribution in [2.24, 2.45) is 0 Å². The summed E-state index contributed by atoms with van der Waals surface area (Å²) in [7, 11) is 3.29. The van der Waals surface area contributed by atoms with Crippen LogP contribution < -0.4 is 9.47 Å². The fourth-order valence-corrected chi connectivity index (χ4v) is 3.69. The van der Waals surface area contributed by atoms with Crippen molar-refractivity contribution in [2.45, 2.75) is 24.8 Å². The summed E-state index contributed by atoms with van der Waals surface area (Å²) in [5, 5.41) is 10.5. The molecule has 0 saturated carbocycles. The Morgan fingerprint density at radius 2 is 1.69 bits per heavy atom. The number of hydrogen-bond donors (Lipinski definition) is 0. The molecular formula is C21H23ClN2O2. The predicted molar refractivity (Wildman–Crippen MR) is 103 cm³/mol. The standard InChI is InChI=1S/C21H23ClN2O2/c1-25-19-8-3-16(13-20(19)26-2)14-24-11-9-21(15-23,10-12-24)17-4-6-18(22)7-5-17/h3-8,13H,9-12,14H2,1-2H3. The molecule has 26 heavy (non-hydrogen) atoms. The monoisotopic (exact) mass is 370 g/mol. The first-order valence-corrected chi connectivity index (χ1v) is 9.08. The van der Waals surface area contributed by atoms with E-state index in [-0.39, 0.29) is 0 Å². The first-order valence-electron chi connectivity index (χ1n) is 8.71. The van der Waals surface area contributed by atoms with Crippen molar-refractivity contribution in [3.8, 4) is 17.6 Å². The van der Waals surface area contributed by atoms with E-state index in [1.807, 2.05) is 36.4 Å². The van der Waals surface area contributed by atoms with Crippen LogP contribution in [-0.2, 0) is 12.0 Å². The molecule has 136 valence electrons. The maximum atomic E-state index is 9.83. The summed E-state index contributed by atoms with van der Waals surface area (Å²) < 4.78 is 10.7. The largest absolute Gasteiger partial charge is 0.493 e. The Labute approximate surface area is 159 Å². The van der Waals surface area contributed by atoms with E-state index in [0.29, 0.717) is 5.02 Å². The summed E-state index contributed by atoms with van der Waals surface area (Å²) in [6, 6.07) is 16.3. The first kappa shape index (κ1) is 18.6. The minimum Gasteiger partial charge on any atom is -0.493 e. The lowest BCUT2D eigenvalue weighted by atomic mass is 9.74. The molecule has 1 heterocycles. The third-order valence-corrected chi connectivity index (χ3v) is 5.43. The van der Waals surface area contributed by atoms with Crippen molar-refractivity contribution in [1.82, 2.24) is 4.90 Å². The van der Waals surface area contributed by atoms with Crippen LogP contribution in [-0.4, -0.2) is 32.2 Å². The topological polar surface area (TPSA) is 45.5 Å². The highest BCUT2D eigenvalue weighted by Gasteiger charge is 2.36. The van der Waals surface area contributed by atoms with Crippen molar-refractivity contribution in [3.63, 3.8) is 0 Å². The molecule has 3 rings (SSSR count). The van der Waals surface area contributed by atoms with Crippen LogP contribution in [0.15, 0.2) is 42.5 Å². The van der Waals surface area contributed by atoms with E-state index in [0.717, 1.165) is 49.5 Å². The van der Waals surface area contributed by atoms with Crippen molar-refractivity contribution < 1.29 is 9.47 Å². The van der Waals surface area contributed by atoms with Crippen LogP contribution in [0.4, 0.5) is 0 Å². The van der Waals surface area contributed by atoms with Crippen molar-refractivity contribution in [2.75, 3.05) is 27.3 Å². The number of likely N-dealkylation sites (tertiary alicyclic amines) is 1. The van der Waals surface area contributed by atoms with Gasteiger partial charge in [-0.3, -0.25) is 4.90 Å². The van der Waals surface area contributed by atoms with Crippen LogP contribution >= 0.6 is 11.6 Å². The molecule has 5 heteroatoms. The highest BCUT2D eigenvalue weighted by atomic mass is 35.5. The lowest BCUT2D eigenvalue weighted by molar-refractivity contribution is 0.179. The van der Waals surface area contributed by atoms with Gasteiger partial charge < -0.3 is 9.47 Å². The van der Waals surface area contributed by atoms with Gasteiger partial charge in [0, 0.05) is 24.7 Å². The zero-order valence-electron chi connectivity index (χ0n) is 15.2. The second kappa shape index (κ2) is 7.99. The quantitative estimate of drug-likeness (QED) is 0.781. The van der Waals surface area contributed by atoms with Gasteiger partial charge in [-0.25, -0.2) is 0 Å². The fraction of sp³-hybridized carbons (Fsp3) is 0.381. The lowest BCUT2D eigenvalue weighted by Gasteiger charge is -2.37. The molecule has 0 radical (unpaired) electrons. The van der Waals surface area contributed by atoms with E-state index in [9.17, 15) is 5.26 Å². The highest BCUT2D eigenvalue weighted by Crippen LogP contribution is 2.36. The van der Waals surface area contributed by atoms with Crippen molar-refractivity contribution >= 4 is 11.6 Å². The van der Waals surface area contributed by atoms with Gasteiger partial charge in [-0.05, 0) is 48.2 Å². The molecule has 2 aromatic carbocycles. The number of nitrogens with zero attached hydrogens (tertiary/aromatic N) is 2. The molecule has 1 saturated heterocycles. The van der Waals surface area contributed by atoms with Crippen molar-refractivity contribution in [3.05, 3.63) is 58.6 Å². The number of hydrogen-bond acceptors (Lipinski definition) is 4. The minimum atomic E-state index is -0.418. The molecule has 0 unspecified atom stereocenters. The molecular weight excluding hydrogens is 348 g/mol. The smallest absolute Gasteiger partial charge is 0.161 e. The van der Waals surface area contributed by atoms with Crippen molar-refractivity contribution in [1.29, 1.82) is 5.26 Å². The number of ether oxygens (including phenoxy) is 2. The minimum absolute atomic E-state index is 0.418.